The average Bonchev–Trinajstić information content (AvgIpc) is 1.65. The van der Waals surface area contributed by atoms with Crippen molar-refractivity contribution in [3.63, 3.8) is 0 Å². The molecule has 0 fully saturated rings. The van der Waals surface area contributed by atoms with Crippen LogP contribution >= 0.6 is 0 Å². The summed E-state index contributed by atoms with van der Waals surface area (Å²) in [6, 6.07) is 0.324. The molecule has 41 valence electrons. The van der Waals surface area contributed by atoms with Gasteiger partial charge in [-0.15, -0.1) is 6.04 Å². The van der Waals surface area contributed by atoms with Crippen molar-refractivity contribution in [3.05, 3.63) is 13.8 Å². The molecule has 0 saturated carbocycles. The Bertz CT molecular complexity index is 27.3. The van der Waals surface area contributed by atoms with Gasteiger partial charge in [0, 0.05) is 32.7 Å². The van der Waals surface area contributed by atoms with Crippen LogP contribution in [0.1, 0.15) is 6.42 Å². The molecule has 0 aliphatic rings. The topological polar surface area (TPSA) is 12.0 Å². The van der Waals surface area contributed by atoms with E-state index in [2.05, 4.69) is 19.2 Å². The Balaban J connectivity index is 0. The fourth-order valence-corrected chi connectivity index (χ4v) is 0.144. The van der Waals surface area contributed by atoms with Gasteiger partial charge in [-0.2, -0.15) is 6.42 Å². The van der Waals surface area contributed by atoms with E-state index in [1.165, 1.54) is 0 Å². The van der Waals surface area contributed by atoms with Crippen LogP contribution in [-0.4, -0.2) is 13.1 Å². The van der Waals surface area contributed by atoms with Crippen LogP contribution < -0.4 is 5.32 Å². The summed E-state index contributed by atoms with van der Waals surface area (Å²) >= 11 is 0. The van der Waals surface area contributed by atoms with E-state index in [9.17, 15) is 0 Å². The minimum Gasteiger partial charge on any atom is -0.349 e. The zero-order valence-electron chi connectivity index (χ0n) is 4.78. The van der Waals surface area contributed by atoms with Crippen molar-refractivity contribution in [2.24, 2.45) is 0 Å². The monoisotopic (exact) mass is 174 g/mol. The summed E-state index contributed by atoms with van der Waals surface area (Å²) in [6.45, 7) is 7.33. The third kappa shape index (κ3) is 7.06. The van der Waals surface area contributed by atoms with Crippen LogP contribution in [0.3, 0.4) is 0 Å². The number of hydrogen-bond acceptors (Lipinski definition) is 1. The Labute approximate surface area is 71.1 Å². The van der Waals surface area contributed by atoms with Gasteiger partial charge in [-0.1, -0.05) is 0 Å². The quantitative estimate of drug-likeness (QED) is 0.605. The summed E-state index contributed by atoms with van der Waals surface area (Å²) in [5.41, 5.74) is 0. The van der Waals surface area contributed by atoms with Crippen LogP contribution in [0.2, 0.25) is 0 Å². The van der Waals surface area contributed by atoms with Gasteiger partial charge in [0.05, 0.1) is 0 Å². The van der Waals surface area contributed by atoms with E-state index < -0.39 is 0 Å². The van der Waals surface area contributed by atoms with Crippen molar-refractivity contribution in [2.45, 2.75) is 12.5 Å². The maximum absolute atomic E-state index is 3.70. The summed E-state index contributed by atoms with van der Waals surface area (Å²) in [4.78, 5) is 0. The maximum Gasteiger partial charge on any atom is 0 e. The summed E-state index contributed by atoms with van der Waals surface area (Å²) in [5, 5.41) is 2.94. The maximum atomic E-state index is 3.70. The minimum atomic E-state index is 0. The molecule has 0 heterocycles. The van der Waals surface area contributed by atoms with Crippen LogP contribution in [0.25, 0.3) is 0 Å². The normalized spacial score (nSPS) is 12.4. The standard InChI is InChI=1S/C5H11N.Y/c1-4-5(2)6-3;/h5-6H,1-2,4H2,3H3;/q-2;. The first-order chi connectivity index (χ1) is 2.81. The summed E-state index contributed by atoms with van der Waals surface area (Å²) < 4.78 is 0. The van der Waals surface area contributed by atoms with Gasteiger partial charge in [-0.05, 0) is 7.05 Å². The largest absolute Gasteiger partial charge is 0.349 e. The van der Waals surface area contributed by atoms with Crippen molar-refractivity contribution in [2.75, 3.05) is 7.05 Å². The Morgan fingerprint density at radius 1 is 1.71 bits per heavy atom. The van der Waals surface area contributed by atoms with E-state index in [-0.39, 0.29) is 32.7 Å². The summed E-state index contributed by atoms with van der Waals surface area (Å²) in [7, 11) is 1.88. The molecule has 7 heavy (non-hydrogen) atoms. The van der Waals surface area contributed by atoms with Gasteiger partial charge in [0.15, 0.2) is 0 Å². The van der Waals surface area contributed by atoms with E-state index in [0.717, 1.165) is 6.42 Å². The van der Waals surface area contributed by atoms with E-state index in [0.29, 0.717) is 6.04 Å². The van der Waals surface area contributed by atoms with Crippen molar-refractivity contribution in [1.82, 2.24) is 5.32 Å². The molecule has 0 rings (SSSR count). The molecule has 0 aliphatic heterocycles. The Kier molecular flexibility index (Phi) is 11.0. The average molecular weight is 174 g/mol. The molecule has 0 aliphatic carbocycles. The number of nitrogens with one attached hydrogen (secondary N) is 1. The van der Waals surface area contributed by atoms with Gasteiger partial charge in [-0.3, -0.25) is 0 Å². The van der Waals surface area contributed by atoms with Gasteiger partial charge in [-0.25, -0.2) is 0 Å². The van der Waals surface area contributed by atoms with Crippen molar-refractivity contribution in [3.8, 4) is 0 Å². The van der Waals surface area contributed by atoms with Gasteiger partial charge in [0.25, 0.3) is 0 Å². The predicted octanol–water partition coefficient (Wildman–Crippen LogP) is 0.630. The van der Waals surface area contributed by atoms with Gasteiger partial charge >= 0.3 is 0 Å². The molecule has 0 saturated heterocycles. The van der Waals surface area contributed by atoms with Crippen LogP contribution in [0.5, 0.6) is 0 Å². The Hall–Kier alpha value is 1.06. The van der Waals surface area contributed by atoms with E-state index in [4.69, 9.17) is 0 Å². The molecule has 0 aromatic carbocycles. The first-order valence-corrected chi connectivity index (χ1v) is 2.11. The fourth-order valence-electron chi connectivity index (χ4n) is 0.144. The molecule has 1 nitrogen and oxygen atoms in total. The Morgan fingerprint density at radius 3 is 2.14 bits per heavy atom. The second-order valence-corrected chi connectivity index (χ2v) is 1.27. The molecule has 1 N–H and O–H groups in total. The Morgan fingerprint density at radius 2 is 2.14 bits per heavy atom. The third-order valence-electron chi connectivity index (χ3n) is 0.757. The second-order valence-electron chi connectivity index (χ2n) is 1.27. The second kappa shape index (κ2) is 7.06. The molecule has 0 aromatic heterocycles. The third-order valence-corrected chi connectivity index (χ3v) is 0.757. The molecule has 2 heteroatoms. The van der Waals surface area contributed by atoms with Crippen molar-refractivity contribution < 1.29 is 32.7 Å². The predicted molar refractivity (Wildman–Crippen MR) is 28.2 cm³/mol. The molecule has 1 atom stereocenters. The van der Waals surface area contributed by atoms with Crippen molar-refractivity contribution in [1.29, 1.82) is 0 Å². The zero-order valence-corrected chi connectivity index (χ0v) is 7.61. The van der Waals surface area contributed by atoms with Crippen molar-refractivity contribution >= 4 is 0 Å². The van der Waals surface area contributed by atoms with E-state index >= 15 is 0 Å². The minimum absolute atomic E-state index is 0. The number of hydrogen-bond donors (Lipinski definition) is 1. The van der Waals surface area contributed by atoms with Gasteiger partial charge in [0.2, 0.25) is 0 Å². The SMILES string of the molecule is [CH2-]CC([CH2-])NC.[Y]. The molecular weight excluding hydrogens is 163 g/mol. The number of rotatable bonds is 2. The summed E-state index contributed by atoms with van der Waals surface area (Å²) in [6.07, 6.45) is 0.858. The molecule has 0 bridgehead atoms. The molecule has 0 spiro atoms. The van der Waals surface area contributed by atoms with Crippen LogP contribution in [0.4, 0.5) is 0 Å². The van der Waals surface area contributed by atoms with Crippen LogP contribution in [-0.2, 0) is 32.7 Å². The van der Waals surface area contributed by atoms with Crippen LogP contribution in [0.15, 0.2) is 0 Å². The summed E-state index contributed by atoms with van der Waals surface area (Å²) in [5.74, 6) is 0. The van der Waals surface area contributed by atoms with Crippen LogP contribution in [0, 0.1) is 13.8 Å². The molecule has 1 unspecified atom stereocenters. The first kappa shape index (κ1) is 10.9. The van der Waals surface area contributed by atoms with E-state index in [1.807, 2.05) is 7.05 Å². The smallest absolute Gasteiger partial charge is 0 e. The molecular formula is C5H11NY-2. The molecule has 1 radical (unpaired) electrons. The van der Waals surface area contributed by atoms with Gasteiger partial charge in [0.1, 0.15) is 0 Å². The fraction of sp³-hybridized carbons (Fsp3) is 0.600. The zero-order chi connectivity index (χ0) is 4.99. The van der Waals surface area contributed by atoms with Gasteiger partial charge < -0.3 is 19.2 Å². The van der Waals surface area contributed by atoms with E-state index in [1.54, 1.807) is 0 Å². The molecule has 0 aromatic rings. The molecule has 0 amide bonds. The first-order valence-electron chi connectivity index (χ1n) is 2.11.